The fourth-order valence-corrected chi connectivity index (χ4v) is 4.20. The van der Waals surface area contributed by atoms with Crippen molar-refractivity contribution in [3.63, 3.8) is 0 Å². The van der Waals surface area contributed by atoms with Crippen LogP contribution in [0, 0.1) is 5.82 Å². The van der Waals surface area contributed by atoms with Gasteiger partial charge in [-0.1, -0.05) is 44.2 Å². The lowest BCUT2D eigenvalue weighted by Gasteiger charge is -2.19. The third-order valence-electron chi connectivity index (χ3n) is 4.16. The molecule has 0 spiro atoms. The minimum atomic E-state index is -3.99. The molecular weight excluding hydrogens is 355 g/mol. The molecule has 0 radical (unpaired) electrons. The number of carbonyl (C=O) groups is 1. The zero-order valence-electron chi connectivity index (χ0n) is 15.1. The Morgan fingerprint density at radius 1 is 1.12 bits per heavy atom. The van der Waals surface area contributed by atoms with Crippen LogP contribution >= 0.6 is 0 Å². The van der Waals surface area contributed by atoms with Gasteiger partial charge in [-0.05, 0) is 30.7 Å². The maximum atomic E-state index is 14.2. The van der Waals surface area contributed by atoms with Gasteiger partial charge in [-0.15, -0.1) is 0 Å². The highest BCUT2D eigenvalue weighted by Gasteiger charge is 2.26. The molecule has 26 heavy (non-hydrogen) atoms. The summed E-state index contributed by atoms with van der Waals surface area (Å²) in [5.41, 5.74) is 1.01. The predicted molar refractivity (Wildman–Crippen MR) is 98.8 cm³/mol. The van der Waals surface area contributed by atoms with E-state index in [9.17, 15) is 17.6 Å². The van der Waals surface area contributed by atoms with E-state index in [1.165, 1.54) is 6.07 Å². The molecule has 0 aliphatic heterocycles. The second-order valence-corrected chi connectivity index (χ2v) is 7.75. The average molecular weight is 378 g/mol. The highest BCUT2D eigenvalue weighted by atomic mass is 32.2. The van der Waals surface area contributed by atoms with Crippen molar-refractivity contribution >= 4 is 15.9 Å². The Balaban J connectivity index is 2.30. The minimum Gasteiger partial charge on any atom is -0.346 e. The summed E-state index contributed by atoms with van der Waals surface area (Å²) in [4.78, 5) is 12.0. The van der Waals surface area contributed by atoms with Gasteiger partial charge in [0.15, 0.2) is 0 Å². The van der Waals surface area contributed by atoms with Crippen molar-refractivity contribution in [3.8, 4) is 0 Å². The molecule has 0 saturated carbocycles. The van der Waals surface area contributed by atoms with Gasteiger partial charge in [-0.2, -0.15) is 4.31 Å². The van der Waals surface area contributed by atoms with Crippen LogP contribution in [-0.2, 0) is 10.0 Å². The van der Waals surface area contributed by atoms with E-state index in [1.54, 1.807) is 13.8 Å². The fraction of sp³-hybridized carbons (Fsp3) is 0.316. The Labute approximate surface area is 153 Å². The molecule has 0 saturated heterocycles. The molecule has 0 bridgehead atoms. The van der Waals surface area contributed by atoms with Crippen molar-refractivity contribution in [1.29, 1.82) is 0 Å². The SMILES string of the molecule is CCN(CC)S(=O)(=O)c1cc(C(=O)NC(C)c2ccccc2)ccc1F. The molecule has 2 rings (SSSR count). The van der Waals surface area contributed by atoms with Gasteiger partial charge in [0.05, 0.1) is 6.04 Å². The molecular formula is C19H23FN2O3S. The summed E-state index contributed by atoms with van der Waals surface area (Å²) < 4.78 is 40.5. The zero-order valence-corrected chi connectivity index (χ0v) is 15.9. The number of hydrogen-bond donors (Lipinski definition) is 1. The summed E-state index contributed by atoms with van der Waals surface area (Å²) in [6.07, 6.45) is 0. The molecule has 7 heteroatoms. The van der Waals surface area contributed by atoms with E-state index >= 15 is 0 Å². The van der Waals surface area contributed by atoms with Gasteiger partial charge < -0.3 is 5.32 Å². The van der Waals surface area contributed by atoms with E-state index in [0.29, 0.717) is 0 Å². The Morgan fingerprint density at radius 3 is 2.31 bits per heavy atom. The average Bonchev–Trinajstić information content (AvgIpc) is 2.63. The number of sulfonamides is 1. The van der Waals surface area contributed by atoms with Crippen LogP contribution in [0.2, 0.25) is 0 Å². The van der Waals surface area contributed by atoms with Gasteiger partial charge in [0.2, 0.25) is 10.0 Å². The van der Waals surface area contributed by atoms with Crippen LogP contribution < -0.4 is 5.32 Å². The molecule has 0 aliphatic rings. The van der Waals surface area contributed by atoms with Gasteiger partial charge in [0.25, 0.3) is 5.91 Å². The maximum absolute atomic E-state index is 14.2. The standard InChI is InChI=1S/C19H23FN2O3S/c1-4-22(5-2)26(24,25)18-13-16(11-12-17(18)20)19(23)21-14(3)15-9-7-6-8-10-15/h6-14H,4-5H2,1-3H3,(H,21,23). The summed E-state index contributed by atoms with van der Waals surface area (Å²) in [6, 6.07) is 12.5. The monoisotopic (exact) mass is 378 g/mol. The fourth-order valence-electron chi connectivity index (χ4n) is 2.65. The highest BCUT2D eigenvalue weighted by Crippen LogP contribution is 2.21. The van der Waals surface area contributed by atoms with Crippen LogP contribution in [0.1, 0.15) is 42.7 Å². The van der Waals surface area contributed by atoms with E-state index in [1.807, 2.05) is 37.3 Å². The molecule has 1 unspecified atom stereocenters. The number of carbonyl (C=O) groups excluding carboxylic acids is 1. The second-order valence-electron chi connectivity index (χ2n) is 5.84. The number of halogens is 1. The molecule has 5 nitrogen and oxygen atoms in total. The Kier molecular flexibility index (Phi) is 6.50. The lowest BCUT2D eigenvalue weighted by molar-refractivity contribution is 0.0939. The predicted octanol–water partition coefficient (Wildman–Crippen LogP) is 3.35. The van der Waals surface area contributed by atoms with Gasteiger partial charge in [-0.25, -0.2) is 12.8 Å². The number of rotatable bonds is 7. The smallest absolute Gasteiger partial charge is 0.251 e. The number of nitrogens with one attached hydrogen (secondary N) is 1. The van der Waals surface area contributed by atoms with Gasteiger partial charge in [0, 0.05) is 18.7 Å². The Bertz CT molecular complexity index is 866. The van der Waals surface area contributed by atoms with Crippen molar-refractivity contribution in [2.24, 2.45) is 0 Å². The van der Waals surface area contributed by atoms with Crippen LogP contribution in [0.3, 0.4) is 0 Å². The number of benzene rings is 2. The quantitative estimate of drug-likeness (QED) is 0.803. The third kappa shape index (κ3) is 4.28. The van der Waals surface area contributed by atoms with Crippen LogP contribution in [0.4, 0.5) is 4.39 Å². The lowest BCUT2D eigenvalue weighted by atomic mass is 10.1. The largest absolute Gasteiger partial charge is 0.346 e. The van der Waals surface area contributed by atoms with Crippen LogP contribution in [-0.4, -0.2) is 31.7 Å². The Hall–Kier alpha value is -2.25. The molecule has 0 aromatic heterocycles. The van der Waals surface area contributed by atoms with E-state index in [-0.39, 0.29) is 24.7 Å². The van der Waals surface area contributed by atoms with Gasteiger partial charge in [0.1, 0.15) is 10.7 Å². The first-order valence-electron chi connectivity index (χ1n) is 8.46. The zero-order chi connectivity index (χ0) is 19.3. The van der Waals surface area contributed by atoms with Crippen LogP contribution in [0.5, 0.6) is 0 Å². The van der Waals surface area contributed by atoms with E-state index in [2.05, 4.69) is 5.32 Å². The summed E-state index contributed by atoms with van der Waals surface area (Å²) in [5, 5.41) is 2.80. The number of amides is 1. The number of hydrogen-bond acceptors (Lipinski definition) is 3. The van der Waals surface area contributed by atoms with Crippen LogP contribution in [0.15, 0.2) is 53.4 Å². The topological polar surface area (TPSA) is 66.5 Å². The van der Waals surface area contributed by atoms with Gasteiger partial charge >= 0.3 is 0 Å². The third-order valence-corrected chi connectivity index (χ3v) is 6.23. The van der Waals surface area contributed by atoms with Gasteiger partial charge in [-0.3, -0.25) is 4.79 Å². The normalized spacial score (nSPS) is 12.8. The molecule has 1 N–H and O–H groups in total. The lowest BCUT2D eigenvalue weighted by Crippen LogP contribution is -2.32. The van der Waals surface area contributed by atoms with Crippen molar-refractivity contribution in [3.05, 3.63) is 65.5 Å². The van der Waals surface area contributed by atoms with Crippen molar-refractivity contribution in [1.82, 2.24) is 9.62 Å². The summed E-state index contributed by atoms with van der Waals surface area (Å²) in [6.45, 7) is 5.62. The molecule has 0 heterocycles. The molecule has 1 amide bonds. The summed E-state index contributed by atoms with van der Waals surface area (Å²) >= 11 is 0. The molecule has 0 fully saturated rings. The van der Waals surface area contributed by atoms with Crippen molar-refractivity contribution in [2.45, 2.75) is 31.7 Å². The molecule has 2 aromatic rings. The first-order chi connectivity index (χ1) is 12.3. The van der Waals surface area contributed by atoms with Crippen LogP contribution in [0.25, 0.3) is 0 Å². The molecule has 1 atom stereocenters. The maximum Gasteiger partial charge on any atom is 0.251 e. The van der Waals surface area contributed by atoms with E-state index in [4.69, 9.17) is 0 Å². The van der Waals surface area contributed by atoms with Crippen molar-refractivity contribution in [2.75, 3.05) is 13.1 Å². The van der Waals surface area contributed by atoms with E-state index < -0.39 is 26.6 Å². The first kappa shape index (κ1) is 20.1. The second kappa shape index (κ2) is 8.42. The minimum absolute atomic E-state index is 0.0971. The highest BCUT2D eigenvalue weighted by molar-refractivity contribution is 7.89. The molecule has 140 valence electrons. The molecule has 0 aliphatic carbocycles. The van der Waals surface area contributed by atoms with E-state index in [0.717, 1.165) is 22.0 Å². The van der Waals surface area contributed by atoms with Crippen molar-refractivity contribution < 1.29 is 17.6 Å². The Morgan fingerprint density at radius 2 is 1.73 bits per heavy atom. The molecule has 2 aromatic carbocycles. The summed E-state index contributed by atoms with van der Waals surface area (Å²) in [5.74, 6) is -1.33. The summed E-state index contributed by atoms with van der Waals surface area (Å²) in [7, 11) is -3.99. The first-order valence-corrected chi connectivity index (χ1v) is 9.90. The number of nitrogens with zero attached hydrogens (tertiary/aromatic N) is 1.